The molecule has 2 rings (SSSR count). The van der Waals surface area contributed by atoms with E-state index < -0.39 is 9.84 Å². The fraction of sp³-hybridized carbons (Fsp3) is 0.455. The van der Waals surface area contributed by atoms with Crippen molar-refractivity contribution in [1.82, 2.24) is 0 Å². The minimum absolute atomic E-state index is 0.111. The first-order valence-electron chi connectivity index (χ1n) is 5.06. The van der Waals surface area contributed by atoms with Gasteiger partial charge < -0.3 is 5.73 Å². The van der Waals surface area contributed by atoms with E-state index in [1.165, 1.54) is 0 Å². The third-order valence-corrected chi connectivity index (χ3v) is 5.21. The van der Waals surface area contributed by atoms with Gasteiger partial charge in [-0.05, 0) is 37.5 Å². The first-order valence-corrected chi connectivity index (χ1v) is 6.60. The van der Waals surface area contributed by atoms with Crippen LogP contribution in [0.4, 0.5) is 0 Å². The zero-order chi connectivity index (χ0) is 11.2. The first kappa shape index (κ1) is 10.6. The molecule has 1 aromatic rings. The fourth-order valence-electron chi connectivity index (χ4n) is 2.11. The van der Waals surface area contributed by atoms with E-state index in [-0.39, 0.29) is 11.3 Å². The smallest absolute Gasteiger partial charge is 0.181 e. The second-order valence-electron chi connectivity index (χ2n) is 4.17. The zero-order valence-electron chi connectivity index (χ0n) is 8.90. The van der Waals surface area contributed by atoms with E-state index in [0.717, 1.165) is 11.1 Å². The van der Waals surface area contributed by atoms with Crippen LogP contribution in [0.2, 0.25) is 0 Å². The van der Waals surface area contributed by atoms with Gasteiger partial charge in [-0.2, -0.15) is 0 Å². The topological polar surface area (TPSA) is 60.2 Å². The Kier molecular flexibility index (Phi) is 2.35. The quantitative estimate of drug-likeness (QED) is 0.786. The number of benzene rings is 1. The van der Waals surface area contributed by atoms with Gasteiger partial charge in [0.05, 0.1) is 10.1 Å². The van der Waals surface area contributed by atoms with Crippen LogP contribution in [0, 0.1) is 0 Å². The molecular weight excluding hydrogens is 210 g/mol. The third-order valence-electron chi connectivity index (χ3n) is 2.99. The highest BCUT2D eigenvalue weighted by Gasteiger charge is 2.35. The van der Waals surface area contributed by atoms with Crippen molar-refractivity contribution in [3.63, 3.8) is 0 Å². The molecular formula is C11H15NO2S. The van der Waals surface area contributed by atoms with Gasteiger partial charge in [-0.15, -0.1) is 0 Å². The lowest BCUT2D eigenvalue weighted by molar-refractivity contribution is 0.590. The van der Waals surface area contributed by atoms with E-state index in [0.29, 0.717) is 11.3 Å². The Labute approximate surface area is 90.2 Å². The van der Waals surface area contributed by atoms with Crippen molar-refractivity contribution in [2.24, 2.45) is 5.73 Å². The summed E-state index contributed by atoms with van der Waals surface area (Å²) in [6.45, 7) is 3.63. The standard InChI is InChI=1S/C11H15NO2S/c1-7-6-10-9(8(2)12)4-3-5-11(10)15(7,13)14/h3-5,7-8H,6,12H2,1-2H3. The molecule has 82 valence electrons. The van der Waals surface area contributed by atoms with Gasteiger partial charge in [-0.25, -0.2) is 8.42 Å². The van der Waals surface area contributed by atoms with Crippen LogP contribution in [-0.4, -0.2) is 13.7 Å². The van der Waals surface area contributed by atoms with Crippen molar-refractivity contribution in [2.45, 2.75) is 36.5 Å². The highest BCUT2D eigenvalue weighted by Crippen LogP contribution is 2.34. The largest absolute Gasteiger partial charge is 0.324 e. The summed E-state index contributed by atoms with van der Waals surface area (Å²) in [5.41, 5.74) is 7.70. The van der Waals surface area contributed by atoms with E-state index in [4.69, 9.17) is 5.73 Å². The average molecular weight is 225 g/mol. The van der Waals surface area contributed by atoms with E-state index >= 15 is 0 Å². The molecule has 1 aliphatic heterocycles. The van der Waals surface area contributed by atoms with Gasteiger partial charge >= 0.3 is 0 Å². The molecule has 2 unspecified atom stereocenters. The number of fused-ring (bicyclic) bond motifs is 1. The van der Waals surface area contributed by atoms with Gasteiger partial charge in [0.15, 0.2) is 9.84 Å². The maximum Gasteiger partial charge on any atom is 0.181 e. The molecule has 4 heteroatoms. The van der Waals surface area contributed by atoms with E-state index in [9.17, 15) is 8.42 Å². The molecule has 0 aromatic heterocycles. The maximum atomic E-state index is 11.9. The van der Waals surface area contributed by atoms with Gasteiger partial charge in [0.25, 0.3) is 0 Å². The van der Waals surface area contributed by atoms with Crippen LogP contribution in [0.15, 0.2) is 23.1 Å². The molecule has 3 nitrogen and oxygen atoms in total. The predicted octanol–water partition coefficient (Wildman–Crippen LogP) is 1.42. The van der Waals surface area contributed by atoms with E-state index in [1.807, 2.05) is 13.0 Å². The molecule has 0 saturated carbocycles. The lowest BCUT2D eigenvalue weighted by Crippen LogP contribution is -2.11. The van der Waals surface area contributed by atoms with Gasteiger partial charge in [0, 0.05) is 6.04 Å². The second kappa shape index (κ2) is 3.32. The number of nitrogens with two attached hydrogens (primary N) is 1. The summed E-state index contributed by atoms with van der Waals surface area (Å²) in [6.07, 6.45) is 0.593. The Morgan fingerprint density at radius 2 is 2.13 bits per heavy atom. The highest BCUT2D eigenvalue weighted by molar-refractivity contribution is 7.92. The van der Waals surface area contributed by atoms with Crippen LogP contribution in [0.3, 0.4) is 0 Å². The van der Waals surface area contributed by atoms with Crippen LogP contribution in [0.1, 0.15) is 31.0 Å². The van der Waals surface area contributed by atoms with Crippen molar-refractivity contribution in [3.05, 3.63) is 29.3 Å². The lowest BCUT2D eigenvalue weighted by Gasteiger charge is -2.10. The minimum atomic E-state index is -3.10. The normalized spacial score (nSPS) is 24.9. The van der Waals surface area contributed by atoms with E-state index in [2.05, 4.69) is 0 Å². The number of rotatable bonds is 1. The predicted molar refractivity (Wildman–Crippen MR) is 59.4 cm³/mol. The monoisotopic (exact) mass is 225 g/mol. The number of hydrogen-bond donors (Lipinski definition) is 1. The molecule has 1 aliphatic rings. The summed E-state index contributed by atoms with van der Waals surface area (Å²) in [4.78, 5) is 0.477. The molecule has 15 heavy (non-hydrogen) atoms. The first-order chi connectivity index (χ1) is 6.94. The lowest BCUT2D eigenvalue weighted by atomic mass is 9.99. The van der Waals surface area contributed by atoms with Crippen molar-refractivity contribution < 1.29 is 8.42 Å². The third kappa shape index (κ3) is 1.48. The summed E-state index contributed by atoms with van der Waals surface area (Å²) < 4.78 is 23.8. The fourth-order valence-corrected chi connectivity index (χ4v) is 3.74. The highest BCUT2D eigenvalue weighted by atomic mass is 32.2. The molecule has 1 heterocycles. The summed E-state index contributed by atoms with van der Waals surface area (Å²) in [5.74, 6) is 0. The van der Waals surface area contributed by atoms with Crippen molar-refractivity contribution in [2.75, 3.05) is 0 Å². The van der Waals surface area contributed by atoms with Crippen LogP contribution >= 0.6 is 0 Å². The van der Waals surface area contributed by atoms with Gasteiger partial charge in [-0.3, -0.25) is 0 Å². The maximum absolute atomic E-state index is 11.9. The molecule has 0 aliphatic carbocycles. The summed E-state index contributed by atoms with van der Waals surface area (Å²) >= 11 is 0. The SMILES string of the molecule is CC(N)c1cccc2c1CC(C)S2(=O)=O. The molecule has 0 amide bonds. The van der Waals surface area contributed by atoms with Crippen LogP contribution in [0.25, 0.3) is 0 Å². The summed E-state index contributed by atoms with van der Waals surface area (Å²) in [5, 5.41) is -0.313. The Morgan fingerprint density at radius 3 is 2.73 bits per heavy atom. The molecule has 0 fully saturated rings. The Balaban J connectivity index is 2.69. The minimum Gasteiger partial charge on any atom is -0.324 e. The van der Waals surface area contributed by atoms with Gasteiger partial charge in [0.2, 0.25) is 0 Å². The van der Waals surface area contributed by atoms with Crippen molar-refractivity contribution in [3.8, 4) is 0 Å². The molecule has 0 bridgehead atoms. The van der Waals surface area contributed by atoms with Crippen molar-refractivity contribution in [1.29, 1.82) is 0 Å². The molecule has 1 aromatic carbocycles. The molecule has 0 saturated heterocycles. The molecule has 0 spiro atoms. The van der Waals surface area contributed by atoms with Crippen LogP contribution < -0.4 is 5.73 Å². The number of sulfone groups is 1. The van der Waals surface area contributed by atoms with Crippen LogP contribution in [0.5, 0.6) is 0 Å². The molecule has 2 N–H and O–H groups in total. The Hall–Kier alpha value is -0.870. The molecule has 2 atom stereocenters. The molecule has 0 radical (unpaired) electrons. The van der Waals surface area contributed by atoms with E-state index in [1.54, 1.807) is 19.1 Å². The second-order valence-corrected chi connectivity index (χ2v) is 6.51. The Morgan fingerprint density at radius 1 is 1.47 bits per heavy atom. The van der Waals surface area contributed by atoms with Crippen molar-refractivity contribution >= 4 is 9.84 Å². The summed E-state index contributed by atoms with van der Waals surface area (Å²) in [6, 6.07) is 5.25. The van der Waals surface area contributed by atoms with Gasteiger partial charge in [-0.1, -0.05) is 12.1 Å². The number of hydrogen-bond acceptors (Lipinski definition) is 3. The van der Waals surface area contributed by atoms with Crippen LogP contribution in [-0.2, 0) is 16.3 Å². The zero-order valence-corrected chi connectivity index (χ0v) is 9.71. The summed E-state index contributed by atoms with van der Waals surface area (Å²) in [7, 11) is -3.10. The average Bonchev–Trinajstić information content (AvgIpc) is 2.38. The van der Waals surface area contributed by atoms with Gasteiger partial charge in [0.1, 0.15) is 0 Å². The Bertz CT molecular complexity index is 491.